The highest BCUT2D eigenvalue weighted by Gasteiger charge is 2.28. The first-order valence-corrected chi connectivity index (χ1v) is 6.44. The molecule has 3 nitrogen and oxygen atoms in total. The van der Waals surface area contributed by atoms with Crippen molar-refractivity contribution in [1.82, 2.24) is 5.32 Å². The van der Waals surface area contributed by atoms with Crippen LogP contribution in [-0.4, -0.2) is 24.2 Å². The Morgan fingerprint density at radius 3 is 2.61 bits per heavy atom. The van der Waals surface area contributed by atoms with Gasteiger partial charge in [-0.25, -0.2) is 8.78 Å². The zero-order valence-electron chi connectivity index (χ0n) is 10.3. The summed E-state index contributed by atoms with van der Waals surface area (Å²) in [6, 6.07) is 3.73. The SMILES string of the molecule is CNC(C)(CCSc1ccc(F)c(F)c1)C(N)=O. The molecule has 0 saturated heterocycles. The Labute approximate surface area is 109 Å². The lowest BCUT2D eigenvalue weighted by atomic mass is 9.99. The van der Waals surface area contributed by atoms with Crippen LogP contribution in [0.4, 0.5) is 8.78 Å². The lowest BCUT2D eigenvalue weighted by Crippen LogP contribution is -2.51. The van der Waals surface area contributed by atoms with E-state index in [1.165, 1.54) is 17.8 Å². The molecule has 0 saturated carbocycles. The molecule has 1 amide bonds. The molecule has 0 aliphatic carbocycles. The lowest BCUT2D eigenvalue weighted by Gasteiger charge is -2.25. The van der Waals surface area contributed by atoms with Gasteiger partial charge in [0.1, 0.15) is 0 Å². The number of hydrogen-bond donors (Lipinski definition) is 2. The van der Waals surface area contributed by atoms with Crippen LogP contribution < -0.4 is 11.1 Å². The van der Waals surface area contributed by atoms with E-state index in [1.54, 1.807) is 14.0 Å². The molecule has 18 heavy (non-hydrogen) atoms. The molecule has 1 atom stereocenters. The summed E-state index contributed by atoms with van der Waals surface area (Å²) in [6.07, 6.45) is 0.502. The van der Waals surface area contributed by atoms with Gasteiger partial charge in [-0.05, 0) is 38.6 Å². The van der Waals surface area contributed by atoms with E-state index in [9.17, 15) is 13.6 Å². The third kappa shape index (κ3) is 3.68. The Bertz CT molecular complexity index is 442. The number of nitrogens with one attached hydrogen (secondary N) is 1. The van der Waals surface area contributed by atoms with Crippen LogP contribution in [0.1, 0.15) is 13.3 Å². The Morgan fingerprint density at radius 1 is 1.44 bits per heavy atom. The van der Waals surface area contributed by atoms with Crippen LogP contribution in [-0.2, 0) is 4.79 Å². The van der Waals surface area contributed by atoms with Gasteiger partial charge in [-0.2, -0.15) is 0 Å². The number of primary amides is 1. The summed E-state index contributed by atoms with van der Waals surface area (Å²) in [5.74, 6) is -1.59. The third-order valence-corrected chi connectivity index (χ3v) is 3.85. The Hall–Kier alpha value is -1.14. The van der Waals surface area contributed by atoms with Crippen LogP contribution in [0.15, 0.2) is 23.1 Å². The number of thioether (sulfide) groups is 1. The standard InChI is InChI=1S/C12H16F2N2OS/c1-12(16-2,11(15)17)5-6-18-8-3-4-9(13)10(14)7-8/h3-4,7,16H,5-6H2,1-2H3,(H2,15,17). The van der Waals surface area contributed by atoms with Crippen molar-refractivity contribution in [3.8, 4) is 0 Å². The molecule has 0 aromatic heterocycles. The van der Waals surface area contributed by atoms with Gasteiger partial charge in [0.2, 0.25) is 5.91 Å². The molecule has 1 unspecified atom stereocenters. The number of halogens is 2. The normalized spacial score (nSPS) is 14.2. The van der Waals surface area contributed by atoms with Gasteiger partial charge in [0.15, 0.2) is 11.6 Å². The van der Waals surface area contributed by atoms with Gasteiger partial charge in [-0.1, -0.05) is 0 Å². The number of hydrogen-bond acceptors (Lipinski definition) is 3. The molecule has 0 radical (unpaired) electrons. The van der Waals surface area contributed by atoms with Crippen molar-refractivity contribution in [2.24, 2.45) is 5.73 Å². The monoisotopic (exact) mass is 274 g/mol. The molecule has 0 heterocycles. The molecule has 3 N–H and O–H groups in total. The smallest absolute Gasteiger partial charge is 0.237 e. The molecule has 0 bridgehead atoms. The fraction of sp³-hybridized carbons (Fsp3) is 0.417. The van der Waals surface area contributed by atoms with Crippen LogP contribution in [0.5, 0.6) is 0 Å². The number of carbonyl (C=O) groups is 1. The number of rotatable bonds is 6. The zero-order valence-corrected chi connectivity index (χ0v) is 11.1. The van der Waals surface area contributed by atoms with Gasteiger partial charge in [0.05, 0.1) is 5.54 Å². The highest BCUT2D eigenvalue weighted by atomic mass is 32.2. The summed E-state index contributed by atoms with van der Waals surface area (Å²) in [5, 5.41) is 2.86. The van der Waals surface area contributed by atoms with Gasteiger partial charge in [0, 0.05) is 10.6 Å². The maximum atomic E-state index is 13.0. The molecular formula is C12H16F2N2OS. The van der Waals surface area contributed by atoms with Crippen molar-refractivity contribution in [3.63, 3.8) is 0 Å². The number of carbonyl (C=O) groups excluding carboxylic acids is 1. The molecule has 0 spiro atoms. The Kier molecular flexibility index (Phi) is 5.10. The first kappa shape index (κ1) is 14.9. The first-order valence-electron chi connectivity index (χ1n) is 5.46. The van der Waals surface area contributed by atoms with Crippen LogP contribution in [0.3, 0.4) is 0 Å². The van der Waals surface area contributed by atoms with E-state index in [0.29, 0.717) is 17.1 Å². The minimum absolute atomic E-state index is 0.434. The largest absolute Gasteiger partial charge is 0.368 e. The number of nitrogens with two attached hydrogens (primary N) is 1. The van der Waals surface area contributed by atoms with Gasteiger partial charge in [-0.15, -0.1) is 11.8 Å². The number of likely N-dealkylation sites (N-methyl/N-ethyl adjacent to an activating group) is 1. The third-order valence-electron chi connectivity index (χ3n) is 2.86. The van der Waals surface area contributed by atoms with E-state index in [4.69, 9.17) is 5.73 Å². The number of benzene rings is 1. The van der Waals surface area contributed by atoms with Crippen molar-refractivity contribution in [1.29, 1.82) is 0 Å². The van der Waals surface area contributed by atoms with Gasteiger partial charge < -0.3 is 11.1 Å². The average molecular weight is 274 g/mol. The van der Waals surface area contributed by atoms with E-state index in [0.717, 1.165) is 12.1 Å². The summed E-state index contributed by atoms with van der Waals surface area (Å²) < 4.78 is 25.7. The maximum absolute atomic E-state index is 13.0. The quantitative estimate of drug-likeness (QED) is 0.779. The molecule has 1 aromatic rings. The van der Waals surface area contributed by atoms with Crippen molar-refractivity contribution in [2.45, 2.75) is 23.8 Å². The van der Waals surface area contributed by atoms with E-state index < -0.39 is 23.1 Å². The van der Waals surface area contributed by atoms with Crippen molar-refractivity contribution < 1.29 is 13.6 Å². The lowest BCUT2D eigenvalue weighted by molar-refractivity contribution is -0.123. The highest BCUT2D eigenvalue weighted by Crippen LogP contribution is 2.23. The van der Waals surface area contributed by atoms with E-state index in [-0.39, 0.29) is 0 Å². The van der Waals surface area contributed by atoms with Crippen molar-refractivity contribution >= 4 is 17.7 Å². The van der Waals surface area contributed by atoms with Gasteiger partial charge in [-0.3, -0.25) is 4.79 Å². The average Bonchev–Trinajstić information content (AvgIpc) is 2.33. The molecule has 0 fully saturated rings. The summed E-state index contributed by atoms with van der Waals surface area (Å²) in [6.45, 7) is 1.71. The Morgan fingerprint density at radius 2 is 2.11 bits per heavy atom. The predicted octanol–water partition coefficient (Wildman–Crippen LogP) is 1.91. The van der Waals surface area contributed by atoms with Crippen molar-refractivity contribution in [2.75, 3.05) is 12.8 Å². The number of amides is 1. The van der Waals surface area contributed by atoms with E-state index >= 15 is 0 Å². The molecule has 100 valence electrons. The minimum atomic E-state index is -0.869. The van der Waals surface area contributed by atoms with E-state index in [1.807, 2.05) is 0 Å². The fourth-order valence-electron chi connectivity index (χ4n) is 1.31. The Balaban J connectivity index is 2.56. The summed E-state index contributed by atoms with van der Waals surface area (Å²) in [4.78, 5) is 11.9. The van der Waals surface area contributed by atoms with Crippen molar-refractivity contribution in [3.05, 3.63) is 29.8 Å². The van der Waals surface area contributed by atoms with Gasteiger partial charge >= 0.3 is 0 Å². The summed E-state index contributed by atoms with van der Waals surface area (Å²) in [5.41, 5.74) is 4.50. The topological polar surface area (TPSA) is 55.1 Å². The minimum Gasteiger partial charge on any atom is -0.368 e. The van der Waals surface area contributed by atoms with Crippen LogP contribution >= 0.6 is 11.8 Å². The maximum Gasteiger partial charge on any atom is 0.237 e. The fourth-order valence-corrected chi connectivity index (χ4v) is 2.41. The first-order chi connectivity index (χ1) is 8.39. The summed E-state index contributed by atoms with van der Waals surface area (Å²) in [7, 11) is 1.66. The molecule has 6 heteroatoms. The second-order valence-corrected chi connectivity index (χ2v) is 5.29. The second kappa shape index (κ2) is 6.15. The van der Waals surface area contributed by atoms with Crippen LogP contribution in [0, 0.1) is 11.6 Å². The van der Waals surface area contributed by atoms with Crippen LogP contribution in [0.25, 0.3) is 0 Å². The molecule has 1 rings (SSSR count). The van der Waals surface area contributed by atoms with Crippen LogP contribution in [0.2, 0.25) is 0 Å². The highest BCUT2D eigenvalue weighted by molar-refractivity contribution is 7.99. The molecule has 0 aliphatic heterocycles. The summed E-state index contributed by atoms with van der Waals surface area (Å²) >= 11 is 1.35. The predicted molar refractivity (Wildman–Crippen MR) is 68.4 cm³/mol. The van der Waals surface area contributed by atoms with Gasteiger partial charge in [0.25, 0.3) is 0 Å². The molecule has 0 aliphatic rings. The molecular weight excluding hydrogens is 258 g/mol. The molecule has 1 aromatic carbocycles. The zero-order chi connectivity index (χ0) is 13.8. The van der Waals surface area contributed by atoms with E-state index in [2.05, 4.69) is 5.32 Å². The second-order valence-electron chi connectivity index (χ2n) is 4.12.